The molecule has 0 atom stereocenters. The van der Waals surface area contributed by atoms with Crippen molar-refractivity contribution >= 4 is 46.2 Å². The zero-order valence-corrected chi connectivity index (χ0v) is 20.1. The molecule has 0 radical (unpaired) electrons. The maximum atomic E-state index is 12.5. The summed E-state index contributed by atoms with van der Waals surface area (Å²) in [5.74, 6) is 0.622. The number of aliphatic imine (C=N–C) groups is 1. The molecule has 5 rings (SSSR count). The smallest absolute Gasteiger partial charge is 0.286 e. The van der Waals surface area contributed by atoms with Crippen molar-refractivity contribution in [1.29, 1.82) is 0 Å². The van der Waals surface area contributed by atoms with E-state index >= 15 is 0 Å². The number of carbonyl (C=O) groups excluding carboxylic acids is 1. The summed E-state index contributed by atoms with van der Waals surface area (Å²) in [7, 11) is 0. The van der Waals surface area contributed by atoms with Gasteiger partial charge in [-0.1, -0.05) is 54.1 Å². The third-order valence-electron chi connectivity index (χ3n) is 5.78. The van der Waals surface area contributed by atoms with Gasteiger partial charge in [0.05, 0.1) is 4.91 Å². The molecule has 0 aliphatic carbocycles. The molecule has 7 heteroatoms. The number of hydrogen-bond acceptors (Lipinski definition) is 5. The molecule has 2 aliphatic rings. The first-order valence-electron chi connectivity index (χ1n) is 11.2. The number of nitrogens with zero attached hydrogens (tertiary/aromatic N) is 3. The topological polar surface area (TPSA) is 45.1 Å². The summed E-state index contributed by atoms with van der Waals surface area (Å²) < 4.78 is 5.85. The van der Waals surface area contributed by atoms with Crippen LogP contribution in [0.2, 0.25) is 5.02 Å². The number of hydrogen-bond donors (Lipinski definition) is 0. The number of benzene rings is 3. The fourth-order valence-corrected chi connectivity index (χ4v) is 4.98. The lowest BCUT2D eigenvalue weighted by atomic mass is 10.2. The molecule has 0 bridgehead atoms. The number of thioether (sulfide) groups is 1. The minimum atomic E-state index is -0.176. The number of amidine groups is 1. The highest BCUT2D eigenvalue weighted by atomic mass is 35.5. The van der Waals surface area contributed by atoms with Crippen LogP contribution in [0.3, 0.4) is 0 Å². The Hall–Kier alpha value is -3.22. The van der Waals surface area contributed by atoms with E-state index in [-0.39, 0.29) is 5.91 Å². The van der Waals surface area contributed by atoms with Crippen molar-refractivity contribution < 1.29 is 9.53 Å². The zero-order valence-electron chi connectivity index (χ0n) is 18.6. The predicted molar refractivity (Wildman–Crippen MR) is 140 cm³/mol. The largest absolute Gasteiger partial charge is 0.489 e. The van der Waals surface area contributed by atoms with Crippen molar-refractivity contribution in [3.8, 4) is 5.75 Å². The van der Waals surface area contributed by atoms with Crippen molar-refractivity contribution in [3.63, 3.8) is 0 Å². The van der Waals surface area contributed by atoms with Gasteiger partial charge in [0, 0.05) is 36.9 Å². The molecule has 1 fully saturated rings. The van der Waals surface area contributed by atoms with Crippen molar-refractivity contribution in [3.05, 3.63) is 99.9 Å². The monoisotopic (exact) mass is 489 g/mol. The lowest BCUT2D eigenvalue weighted by molar-refractivity contribution is -0.113. The first-order chi connectivity index (χ1) is 16.6. The Kier molecular flexibility index (Phi) is 6.88. The highest BCUT2D eigenvalue weighted by molar-refractivity contribution is 8.18. The van der Waals surface area contributed by atoms with Crippen LogP contribution in [0.5, 0.6) is 5.75 Å². The summed E-state index contributed by atoms with van der Waals surface area (Å²) in [4.78, 5) is 22.0. The second-order valence-electron chi connectivity index (χ2n) is 8.10. The Morgan fingerprint density at radius 3 is 2.26 bits per heavy atom. The van der Waals surface area contributed by atoms with Crippen LogP contribution < -0.4 is 9.64 Å². The van der Waals surface area contributed by atoms with Gasteiger partial charge in [0.2, 0.25) is 0 Å². The van der Waals surface area contributed by atoms with Crippen molar-refractivity contribution in [2.24, 2.45) is 4.99 Å². The first kappa shape index (κ1) is 22.6. The van der Waals surface area contributed by atoms with Gasteiger partial charge in [0.25, 0.3) is 5.91 Å². The van der Waals surface area contributed by atoms with Crippen LogP contribution in [0, 0.1) is 0 Å². The molecule has 2 heterocycles. The number of amides is 1. The van der Waals surface area contributed by atoms with E-state index in [9.17, 15) is 4.79 Å². The van der Waals surface area contributed by atoms with E-state index in [4.69, 9.17) is 16.3 Å². The van der Waals surface area contributed by atoms with Crippen molar-refractivity contribution in [2.75, 3.05) is 31.1 Å². The van der Waals surface area contributed by atoms with Crippen LogP contribution in [0.15, 0.2) is 88.8 Å². The molecule has 34 heavy (non-hydrogen) atoms. The van der Waals surface area contributed by atoms with Gasteiger partial charge in [-0.2, -0.15) is 4.99 Å². The summed E-state index contributed by atoms with van der Waals surface area (Å²) in [6, 6.07) is 25.8. The Morgan fingerprint density at radius 1 is 0.882 bits per heavy atom. The number of ether oxygens (including phenoxy) is 1. The van der Waals surface area contributed by atoms with E-state index in [0.717, 1.165) is 58.9 Å². The SMILES string of the molecule is O=C1N=C(N2CCN(c3ccc(Cl)cc3)CC2)SC1=Cc1ccc(OCc2ccccc2)cc1. The third kappa shape index (κ3) is 5.46. The molecule has 2 aliphatic heterocycles. The summed E-state index contributed by atoms with van der Waals surface area (Å²) >= 11 is 7.45. The maximum absolute atomic E-state index is 12.5. The lowest BCUT2D eigenvalue weighted by Gasteiger charge is -2.36. The highest BCUT2D eigenvalue weighted by Gasteiger charge is 2.28. The first-order valence-corrected chi connectivity index (χ1v) is 12.4. The van der Waals surface area contributed by atoms with E-state index in [1.54, 1.807) is 0 Å². The molecule has 0 unspecified atom stereocenters. The van der Waals surface area contributed by atoms with E-state index in [1.807, 2.05) is 84.9 Å². The molecule has 3 aromatic carbocycles. The van der Waals surface area contributed by atoms with E-state index in [1.165, 1.54) is 11.8 Å². The minimum Gasteiger partial charge on any atom is -0.489 e. The van der Waals surface area contributed by atoms with Crippen molar-refractivity contribution in [2.45, 2.75) is 6.61 Å². The second-order valence-corrected chi connectivity index (χ2v) is 9.55. The van der Waals surface area contributed by atoms with Gasteiger partial charge in [-0.05, 0) is 65.4 Å². The summed E-state index contributed by atoms with van der Waals surface area (Å²) in [6.45, 7) is 3.92. The number of piperazine rings is 1. The molecule has 3 aromatic rings. The standard InChI is InChI=1S/C27H24ClN3O2S/c28-22-8-10-23(11-9-22)30-14-16-31(17-15-30)27-29-26(32)25(34-27)18-20-6-12-24(13-7-20)33-19-21-4-2-1-3-5-21/h1-13,18H,14-17,19H2. The van der Waals surface area contributed by atoms with Gasteiger partial charge in [0.15, 0.2) is 5.17 Å². The molecule has 0 N–H and O–H groups in total. The fraction of sp³-hybridized carbons (Fsp3) is 0.185. The van der Waals surface area contributed by atoms with E-state index < -0.39 is 0 Å². The van der Waals surface area contributed by atoms with Crippen molar-refractivity contribution in [1.82, 2.24) is 4.90 Å². The van der Waals surface area contributed by atoms with Gasteiger partial charge >= 0.3 is 0 Å². The average Bonchev–Trinajstić information content (AvgIpc) is 3.25. The van der Waals surface area contributed by atoms with Crippen LogP contribution >= 0.6 is 23.4 Å². The Morgan fingerprint density at radius 2 is 1.56 bits per heavy atom. The number of carbonyl (C=O) groups is 1. The summed E-state index contributed by atoms with van der Waals surface area (Å²) in [6.07, 6.45) is 1.90. The summed E-state index contributed by atoms with van der Waals surface area (Å²) in [5, 5.41) is 1.53. The molecule has 0 aromatic heterocycles. The van der Waals surface area contributed by atoms with Gasteiger partial charge in [-0.3, -0.25) is 4.79 Å². The molecule has 0 saturated carbocycles. The molecule has 1 amide bonds. The van der Waals surface area contributed by atoms with Gasteiger partial charge in [-0.15, -0.1) is 0 Å². The minimum absolute atomic E-state index is 0.176. The van der Waals surface area contributed by atoms with Gasteiger partial charge in [0.1, 0.15) is 12.4 Å². The highest BCUT2D eigenvalue weighted by Crippen LogP contribution is 2.31. The molecule has 0 spiro atoms. The van der Waals surface area contributed by atoms with E-state index in [2.05, 4.69) is 14.8 Å². The van der Waals surface area contributed by atoms with Gasteiger partial charge in [-0.25, -0.2) is 0 Å². The normalized spacial score (nSPS) is 17.3. The predicted octanol–water partition coefficient (Wildman–Crippen LogP) is 5.71. The fourth-order valence-electron chi connectivity index (χ4n) is 3.89. The second kappa shape index (κ2) is 10.4. The van der Waals surface area contributed by atoms with Crippen LogP contribution in [0.1, 0.15) is 11.1 Å². The van der Waals surface area contributed by atoms with Crippen LogP contribution in [-0.2, 0) is 11.4 Å². The lowest BCUT2D eigenvalue weighted by Crippen LogP contribution is -2.47. The zero-order chi connectivity index (χ0) is 23.3. The maximum Gasteiger partial charge on any atom is 0.286 e. The quantitative estimate of drug-likeness (QED) is 0.429. The van der Waals surface area contributed by atoms with E-state index in [0.29, 0.717) is 11.5 Å². The summed E-state index contributed by atoms with van der Waals surface area (Å²) in [5.41, 5.74) is 3.24. The molecule has 172 valence electrons. The average molecular weight is 490 g/mol. The van der Waals surface area contributed by atoms with Gasteiger partial charge < -0.3 is 14.5 Å². The van der Waals surface area contributed by atoms with Crippen LogP contribution in [0.4, 0.5) is 5.69 Å². The Bertz CT molecular complexity index is 1200. The molecular weight excluding hydrogens is 466 g/mol. The third-order valence-corrected chi connectivity index (χ3v) is 7.07. The number of halogens is 1. The Balaban J connectivity index is 1.16. The van der Waals surface area contributed by atoms with Crippen LogP contribution in [-0.4, -0.2) is 42.2 Å². The molecular formula is C27H24ClN3O2S. The number of anilines is 1. The van der Waals surface area contributed by atoms with Crippen LogP contribution in [0.25, 0.3) is 6.08 Å². The Labute approximate surface area is 208 Å². The molecule has 1 saturated heterocycles. The molecule has 5 nitrogen and oxygen atoms in total. The number of rotatable bonds is 5.